The smallest absolute Gasteiger partial charge is 0.178 e. The second-order valence-electron chi connectivity index (χ2n) is 3.88. The van der Waals surface area contributed by atoms with E-state index in [-0.39, 0.29) is 0 Å². The normalized spacial score (nSPS) is 10.5. The Kier molecular flexibility index (Phi) is 2.57. The van der Waals surface area contributed by atoms with Gasteiger partial charge in [0, 0.05) is 18.6 Å². The van der Waals surface area contributed by atoms with Crippen LogP contribution < -0.4 is 0 Å². The third kappa shape index (κ3) is 1.98. The summed E-state index contributed by atoms with van der Waals surface area (Å²) in [4.78, 5) is 17.1. The van der Waals surface area contributed by atoms with Crippen molar-refractivity contribution >= 4 is 0 Å². The predicted molar refractivity (Wildman–Crippen MR) is 67.1 cm³/mol. The van der Waals surface area contributed by atoms with E-state index in [2.05, 4.69) is 19.9 Å². The fourth-order valence-electron chi connectivity index (χ4n) is 1.67. The Balaban J connectivity index is 2.05. The highest BCUT2D eigenvalue weighted by Crippen LogP contribution is 2.13. The molecule has 0 spiro atoms. The van der Waals surface area contributed by atoms with E-state index in [9.17, 15) is 0 Å². The van der Waals surface area contributed by atoms with Gasteiger partial charge in [0.15, 0.2) is 5.82 Å². The van der Waals surface area contributed by atoms with E-state index < -0.39 is 0 Å². The quantitative estimate of drug-likeness (QED) is 0.684. The number of pyridine rings is 1. The fraction of sp³-hybridized carbons (Fsp3) is 0.0769. The Morgan fingerprint density at radius 1 is 1.00 bits per heavy atom. The number of hydrogen-bond donors (Lipinski definition) is 0. The molecule has 0 aromatic carbocycles. The van der Waals surface area contributed by atoms with Gasteiger partial charge in [-0.2, -0.15) is 0 Å². The SMILES string of the molecule is Cc1cn(-c2cccc(-c3ncccn3)n2)cn1. The number of nitrogens with zero attached hydrogens (tertiary/aromatic N) is 5. The molecule has 5 nitrogen and oxygen atoms in total. The number of aryl methyl sites for hydroxylation is 1. The summed E-state index contributed by atoms with van der Waals surface area (Å²) >= 11 is 0. The molecule has 3 heterocycles. The van der Waals surface area contributed by atoms with Gasteiger partial charge >= 0.3 is 0 Å². The van der Waals surface area contributed by atoms with E-state index in [1.165, 1.54) is 0 Å². The van der Waals surface area contributed by atoms with Crippen LogP contribution in [0.25, 0.3) is 17.3 Å². The van der Waals surface area contributed by atoms with Crippen molar-refractivity contribution in [3.8, 4) is 17.3 Å². The summed E-state index contributed by atoms with van der Waals surface area (Å²) in [5, 5.41) is 0. The zero-order valence-electron chi connectivity index (χ0n) is 9.85. The summed E-state index contributed by atoms with van der Waals surface area (Å²) in [5.74, 6) is 1.43. The molecular formula is C13H11N5. The van der Waals surface area contributed by atoms with Crippen molar-refractivity contribution in [1.29, 1.82) is 0 Å². The largest absolute Gasteiger partial charge is 0.290 e. The van der Waals surface area contributed by atoms with Crippen LogP contribution in [0.3, 0.4) is 0 Å². The molecule has 0 unspecified atom stereocenters. The number of rotatable bonds is 2. The predicted octanol–water partition coefficient (Wildman–Crippen LogP) is 2.03. The van der Waals surface area contributed by atoms with E-state index in [0.29, 0.717) is 5.82 Å². The molecule has 0 fully saturated rings. The number of aromatic nitrogens is 5. The molecule has 0 aliphatic carbocycles. The van der Waals surface area contributed by atoms with Gasteiger partial charge in [-0.3, -0.25) is 4.57 Å². The van der Waals surface area contributed by atoms with E-state index in [1.54, 1.807) is 24.8 Å². The highest BCUT2D eigenvalue weighted by Gasteiger charge is 2.04. The van der Waals surface area contributed by atoms with Crippen LogP contribution in [0.1, 0.15) is 5.69 Å². The van der Waals surface area contributed by atoms with E-state index in [4.69, 9.17) is 0 Å². The molecule has 0 aliphatic rings. The van der Waals surface area contributed by atoms with Gasteiger partial charge in [0.05, 0.1) is 5.69 Å². The third-order valence-corrected chi connectivity index (χ3v) is 2.51. The zero-order valence-corrected chi connectivity index (χ0v) is 9.85. The Bertz CT molecular complexity index is 660. The molecule has 3 rings (SSSR count). The topological polar surface area (TPSA) is 56.5 Å². The molecule has 3 aromatic rings. The molecule has 3 aromatic heterocycles. The molecule has 0 saturated carbocycles. The Morgan fingerprint density at radius 2 is 1.83 bits per heavy atom. The van der Waals surface area contributed by atoms with Crippen LogP contribution in [0.2, 0.25) is 0 Å². The van der Waals surface area contributed by atoms with E-state index >= 15 is 0 Å². The first-order valence-corrected chi connectivity index (χ1v) is 5.58. The van der Waals surface area contributed by atoms with Gasteiger partial charge in [-0.15, -0.1) is 0 Å². The Labute approximate surface area is 104 Å². The van der Waals surface area contributed by atoms with Gasteiger partial charge in [0.1, 0.15) is 17.8 Å². The molecule has 0 aliphatic heterocycles. The number of imidazole rings is 1. The van der Waals surface area contributed by atoms with Crippen LogP contribution in [0.15, 0.2) is 49.2 Å². The van der Waals surface area contributed by atoms with Crippen LogP contribution in [0, 0.1) is 6.92 Å². The zero-order chi connectivity index (χ0) is 12.4. The van der Waals surface area contributed by atoms with Crippen LogP contribution >= 0.6 is 0 Å². The summed E-state index contributed by atoms with van der Waals surface area (Å²) in [6.45, 7) is 1.95. The lowest BCUT2D eigenvalue weighted by molar-refractivity contribution is 0.988. The maximum absolute atomic E-state index is 4.52. The minimum absolute atomic E-state index is 0.621. The second kappa shape index (κ2) is 4.37. The Morgan fingerprint density at radius 3 is 2.56 bits per heavy atom. The van der Waals surface area contributed by atoms with Crippen molar-refractivity contribution in [3.05, 3.63) is 54.9 Å². The van der Waals surface area contributed by atoms with E-state index in [0.717, 1.165) is 17.2 Å². The summed E-state index contributed by atoms with van der Waals surface area (Å²) in [6, 6.07) is 7.53. The highest BCUT2D eigenvalue weighted by molar-refractivity contribution is 5.50. The van der Waals surface area contributed by atoms with Crippen molar-refractivity contribution in [2.45, 2.75) is 6.92 Å². The summed E-state index contributed by atoms with van der Waals surface area (Å²) in [5.41, 5.74) is 1.71. The average Bonchev–Trinajstić information content (AvgIpc) is 2.87. The molecule has 18 heavy (non-hydrogen) atoms. The van der Waals surface area contributed by atoms with Crippen molar-refractivity contribution in [2.24, 2.45) is 0 Å². The Hall–Kier alpha value is -2.56. The second-order valence-corrected chi connectivity index (χ2v) is 3.88. The van der Waals surface area contributed by atoms with Gasteiger partial charge in [0.2, 0.25) is 0 Å². The lowest BCUT2D eigenvalue weighted by Gasteiger charge is -2.03. The van der Waals surface area contributed by atoms with Crippen LogP contribution in [-0.2, 0) is 0 Å². The van der Waals surface area contributed by atoms with E-state index in [1.807, 2.05) is 35.9 Å². The van der Waals surface area contributed by atoms with Crippen molar-refractivity contribution in [3.63, 3.8) is 0 Å². The first kappa shape index (κ1) is 10.6. The first-order chi connectivity index (χ1) is 8.83. The average molecular weight is 237 g/mol. The molecule has 0 radical (unpaired) electrons. The van der Waals surface area contributed by atoms with Crippen molar-refractivity contribution < 1.29 is 0 Å². The molecule has 0 atom stereocenters. The minimum atomic E-state index is 0.621. The summed E-state index contributed by atoms with van der Waals surface area (Å²) < 4.78 is 1.88. The fourth-order valence-corrected chi connectivity index (χ4v) is 1.67. The van der Waals surface area contributed by atoms with Gasteiger partial charge < -0.3 is 0 Å². The maximum atomic E-state index is 4.52. The molecule has 0 amide bonds. The summed E-state index contributed by atoms with van der Waals surface area (Å²) in [6.07, 6.45) is 7.08. The molecule has 0 saturated heterocycles. The highest BCUT2D eigenvalue weighted by atomic mass is 15.1. The molecule has 0 N–H and O–H groups in total. The molecule has 5 heteroatoms. The first-order valence-electron chi connectivity index (χ1n) is 5.58. The maximum Gasteiger partial charge on any atom is 0.178 e. The van der Waals surface area contributed by atoms with Gasteiger partial charge in [0.25, 0.3) is 0 Å². The molecule has 88 valence electrons. The minimum Gasteiger partial charge on any atom is -0.290 e. The molecular weight excluding hydrogens is 226 g/mol. The lowest BCUT2D eigenvalue weighted by Crippen LogP contribution is -1.97. The van der Waals surface area contributed by atoms with Crippen LogP contribution in [0.5, 0.6) is 0 Å². The lowest BCUT2D eigenvalue weighted by atomic mass is 10.3. The van der Waals surface area contributed by atoms with Crippen molar-refractivity contribution in [2.75, 3.05) is 0 Å². The monoisotopic (exact) mass is 237 g/mol. The van der Waals surface area contributed by atoms with Gasteiger partial charge in [-0.1, -0.05) is 6.07 Å². The third-order valence-electron chi connectivity index (χ3n) is 2.51. The standard InChI is InChI=1S/C13H11N5/c1-10-8-18(9-16-10)12-5-2-4-11(17-12)13-14-6-3-7-15-13/h2-9H,1H3. The van der Waals surface area contributed by atoms with Crippen LogP contribution in [0.4, 0.5) is 0 Å². The summed E-state index contributed by atoms with van der Waals surface area (Å²) in [7, 11) is 0. The van der Waals surface area contributed by atoms with Gasteiger partial charge in [-0.05, 0) is 25.1 Å². The number of hydrogen-bond acceptors (Lipinski definition) is 4. The van der Waals surface area contributed by atoms with Gasteiger partial charge in [-0.25, -0.2) is 19.9 Å². The molecule has 0 bridgehead atoms. The van der Waals surface area contributed by atoms with Crippen molar-refractivity contribution in [1.82, 2.24) is 24.5 Å². The van der Waals surface area contributed by atoms with Crippen LogP contribution in [-0.4, -0.2) is 24.5 Å².